The van der Waals surface area contributed by atoms with Crippen LogP contribution in [0.4, 0.5) is 17.1 Å². The highest BCUT2D eigenvalue weighted by Crippen LogP contribution is 2.29. The van der Waals surface area contributed by atoms with E-state index in [0.29, 0.717) is 11.4 Å². The Morgan fingerprint density at radius 2 is 1.92 bits per heavy atom. The Bertz CT molecular complexity index is 935. The molecule has 0 aromatic heterocycles. The summed E-state index contributed by atoms with van der Waals surface area (Å²) in [5.41, 5.74) is 6.55. The van der Waals surface area contributed by atoms with Gasteiger partial charge in [0.1, 0.15) is 11.6 Å². The molecule has 2 rings (SSSR count). The summed E-state index contributed by atoms with van der Waals surface area (Å²) in [6, 6.07) is 13.0. The lowest BCUT2D eigenvalue weighted by atomic mass is 10.2. The summed E-state index contributed by atoms with van der Waals surface area (Å²) in [6.45, 7) is 1.31. The van der Waals surface area contributed by atoms with E-state index < -0.39 is 11.8 Å². The lowest BCUT2D eigenvalue weighted by Crippen LogP contribution is -2.25. The second kappa shape index (κ2) is 8.39. The van der Waals surface area contributed by atoms with Crippen LogP contribution < -0.4 is 16.0 Å². The minimum absolute atomic E-state index is 0.152. The molecule has 2 amide bonds. The summed E-state index contributed by atoms with van der Waals surface area (Å²) in [7, 11) is 0. The molecule has 0 unspecified atom stereocenters. The number of rotatable bonds is 4. The molecule has 0 radical (unpaired) electrons. The SMILES string of the molecule is CC(=O)N(/C=C(/C#N)C(=O)Nc1cccc(Cl)c1Cl)c1cccc(N)c1. The molecule has 0 fully saturated rings. The Kier molecular flexibility index (Phi) is 6.23. The highest BCUT2D eigenvalue weighted by atomic mass is 35.5. The van der Waals surface area contributed by atoms with Gasteiger partial charge >= 0.3 is 0 Å². The first-order valence-corrected chi connectivity index (χ1v) is 8.11. The van der Waals surface area contributed by atoms with Crippen molar-refractivity contribution in [3.8, 4) is 6.07 Å². The van der Waals surface area contributed by atoms with Crippen molar-refractivity contribution in [1.29, 1.82) is 5.26 Å². The topological polar surface area (TPSA) is 99.2 Å². The summed E-state index contributed by atoms with van der Waals surface area (Å²) >= 11 is 11.9. The summed E-state index contributed by atoms with van der Waals surface area (Å²) in [5.74, 6) is -1.12. The van der Waals surface area contributed by atoms with Gasteiger partial charge in [0.05, 0.1) is 21.4 Å². The number of anilines is 3. The lowest BCUT2D eigenvalue weighted by Gasteiger charge is -2.17. The van der Waals surface area contributed by atoms with E-state index >= 15 is 0 Å². The molecule has 0 atom stereocenters. The maximum absolute atomic E-state index is 12.4. The molecule has 132 valence electrons. The van der Waals surface area contributed by atoms with Crippen LogP contribution in [-0.2, 0) is 9.59 Å². The molecule has 0 bridgehead atoms. The molecule has 26 heavy (non-hydrogen) atoms. The van der Waals surface area contributed by atoms with Gasteiger partial charge in [-0.15, -0.1) is 0 Å². The molecule has 8 heteroatoms. The Morgan fingerprint density at radius 3 is 2.54 bits per heavy atom. The largest absolute Gasteiger partial charge is 0.399 e. The number of hydrogen-bond acceptors (Lipinski definition) is 4. The highest BCUT2D eigenvalue weighted by Gasteiger charge is 2.17. The van der Waals surface area contributed by atoms with Gasteiger partial charge in [0.25, 0.3) is 5.91 Å². The van der Waals surface area contributed by atoms with Crippen molar-refractivity contribution in [2.24, 2.45) is 0 Å². The number of nitrogen functional groups attached to an aromatic ring is 1. The maximum atomic E-state index is 12.4. The minimum atomic E-state index is -0.730. The Hall–Kier alpha value is -3.01. The Balaban J connectivity index is 2.35. The van der Waals surface area contributed by atoms with Gasteiger partial charge in [-0.2, -0.15) is 5.26 Å². The smallest absolute Gasteiger partial charge is 0.267 e. The first kappa shape index (κ1) is 19.3. The van der Waals surface area contributed by atoms with Crippen LogP contribution in [0.2, 0.25) is 10.0 Å². The fourth-order valence-electron chi connectivity index (χ4n) is 2.08. The number of benzene rings is 2. The quantitative estimate of drug-likeness (QED) is 0.470. The van der Waals surface area contributed by atoms with Gasteiger partial charge in [-0.25, -0.2) is 0 Å². The zero-order chi connectivity index (χ0) is 19.3. The van der Waals surface area contributed by atoms with Crippen LogP contribution >= 0.6 is 23.2 Å². The second-order valence-corrected chi connectivity index (χ2v) is 5.98. The van der Waals surface area contributed by atoms with E-state index in [4.69, 9.17) is 28.9 Å². The van der Waals surface area contributed by atoms with E-state index in [1.807, 2.05) is 0 Å². The van der Waals surface area contributed by atoms with Gasteiger partial charge in [0.15, 0.2) is 0 Å². The van der Waals surface area contributed by atoms with Crippen molar-refractivity contribution in [3.63, 3.8) is 0 Å². The molecule has 0 saturated heterocycles. The monoisotopic (exact) mass is 388 g/mol. The molecule has 0 heterocycles. The number of carbonyl (C=O) groups excluding carboxylic acids is 2. The predicted octanol–water partition coefficient (Wildman–Crippen LogP) is 3.97. The summed E-state index contributed by atoms with van der Waals surface area (Å²) in [5, 5.41) is 12.2. The average Bonchev–Trinajstić information content (AvgIpc) is 2.59. The Morgan fingerprint density at radius 1 is 1.23 bits per heavy atom. The molecule has 2 aromatic rings. The van der Waals surface area contributed by atoms with E-state index in [1.165, 1.54) is 6.92 Å². The van der Waals surface area contributed by atoms with E-state index in [0.717, 1.165) is 11.1 Å². The molecular formula is C18H14Cl2N4O2. The van der Waals surface area contributed by atoms with E-state index in [9.17, 15) is 14.9 Å². The van der Waals surface area contributed by atoms with Crippen LogP contribution in [0.15, 0.2) is 54.2 Å². The van der Waals surface area contributed by atoms with Crippen LogP contribution in [0.1, 0.15) is 6.92 Å². The third-order valence-electron chi connectivity index (χ3n) is 3.31. The lowest BCUT2D eigenvalue weighted by molar-refractivity contribution is -0.116. The average molecular weight is 389 g/mol. The van der Waals surface area contributed by atoms with Gasteiger partial charge in [-0.05, 0) is 30.3 Å². The number of nitriles is 1. The number of hydrogen-bond donors (Lipinski definition) is 2. The van der Waals surface area contributed by atoms with Crippen molar-refractivity contribution < 1.29 is 9.59 Å². The number of nitrogens with zero attached hydrogens (tertiary/aromatic N) is 2. The van der Waals surface area contributed by atoms with Crippen LogP contribution in [0.5, 0.6) is 0 Å². The fourth-order valence-corrected chi connectivity index (χ4v) is 2.43. The summed E-state index contributed by atoms with van der Waals surface area (Å²) in [4.78, 5) is 25.5. The van der Waals surface area contributed by atoms with Gasteiger partial charge in [-0.3, -0.25) is 14.5 Å². The molecular weight excluding hydrogens is 375 g/mol. The first-order valence-electron chi connectivity index (χ1n) is 7.36. The van der Waals surface area contributed by atoms with Crippen LogP contribution in [0.25, 0.3) is 0 Å². The molecule has 0 saturated carbocycles. The number of amides is 2. The molecule has 6 nitrogen and oxygen atoms in total. The van der Waals surface area contributed by atoms with Gasteiger partial charge in [0, 0.05) is 18.8 Å². The van der Waals surface area contributed by atoms with Gasteiger partial charge < -0.3 is 11.1 Å². The van der Waals surface area contributed by atoms with Crippen molar-refractivity contribution in [1.82, 2.24) is 0 Å². The number of nitrogens with one attached hydrogen (secondary N) is 1. The van der Waals surface area contributed by atoms with Crippen LogP contribution in [0, 0.1) is 11.3 Å². The van der Waals surface area contributed by atoms with Crippen molar-refractivity contribution in [2.45, 2.75) is 6.92 Å². The van der Waals surface area contributed by atoms with Crippen molar-refractivity contribution >= 4 is 52.1 Å². The van der Waals surface area contributed by atoms with E-state index in [1.54, 1.807) is 48.5 Å². The second-order valence-electron chi connectivity index (χ2n) is 5.19. The molecule has 0 aliphatic heterocycles. The normalized spacial score (nSPS) is 10.8. The number of halogens is 2. The van der Waals surface area contributed by atoms with Crippen LogP contribution in [-0.4, -0.2) is 11.8 Å². The van der Waals surface area contributed by atoms with Gasteiger partial charge in [0.2, 0.25) is 5.91 Å². The molecule has 0 aliphatic rings. The molecule has 3 N–H and O–H groups in total. The van der Waals surface area contributed by atoms with Crippen molar-refractivity contribution in [2.75, 3.05) is 16.0 Å². The summed E-state index contributed by atoms with van der Waals surface area (Å²) < 4.78 is 0. The van der Waals surface area contributed by atoms with Crippen molar-refractivity contribution in [3.05, 3.63) is 64.3 Å². The number of carbonyl (C=O) groups is 2. The standard InChI is InChI=1S/C18H14Cl2N4O2/c1-11(25)24(14-5-2-4-13(22)8-14)10-12(9-21)18(26)23-16-7-3-6-15(19)17(16)20/h2-8,10H,22H2,1H3,(H,23,26)/b12-10-. The van der Waals surface area contributed by atoms with Gasteiger partial charge in [-0.1, -0.05) is 35.3 Å². The molecule has 2 aromatic carbocycles. The van der Waals surface area contributed by atoms with Crippen LogP contribution in [0.3, 0.4) is 0 Å². The molecule has 0 spiro atoms. The number of nitrogens with two attached hydrogens (primary N) is 1. The van der Waals surface area contributed by atoms with E-state index in [2.05, 4.69) is 5.32 Å². The fraction of sp³-hybridized carbons (Fsp3) is 0.0556. The third kappa shape index (κ3) is 4.54. The minimum Gasteiger partial charge on any atom is -0.399 e. The third-order valence-corrected chi connectivity index (χ3v) is 4.13. The summed E-state index contributed by atoms with van der Waals surface area (Å²) in [6.07, 6.45) is 1.14. The Labute approximate surface area is 160 Å². The zero-order valence-corrected chi connectivity index (χ0v) is 15.2. The molecule has 0 aliphatic carbocycles. The predicted molar refractivity (Wildman–Crippen MR) is 103 cm³/mol. The maximum Gasteiger partial charge on any atom is 0.267 e. The first-order chi connectivity index (χ1) is 12.3. The highest BCUT2D eigenvalue weighted by molar-refractivity contribution is 6.44. The zero-order valence-electron chi connectivity index (χ0n) is 13.7. The van der Waals surface area contributed by atoms with E-state index in [-0.39, 0.29) is 21.3 Å².